The van der Waals surface area contributed by atoms with E-state index in [1.54, 1.807) is 0 Å². The average Bonchev–Trinajstić information content (AvgIpc) is 0. The first kappa shape index (κ1) is 27.9. The van der Waals surface area contributed by atoms with Gasteiger partial charge in [0.25, 0.3) is 0 Å². The van der Waals surface area contributed by atoms with Gasteiger partial charge in [0, 0.05) is 91.5 Å². The molecule has 0 rings (SSSR count). The van der Waals surface area contributed by atoms with E-state index in [4.69, 9.17) is 0 Å². The first-order chi connectivity index (χ1) is 0. The summed E-state index contributed by atoms with van der Waals surface area (Å²) >= 11 is 0. The van der Waals surface area contributed by atoms with Crippen LogP contribution in [0.3, 0.4) is 0 Å². The van der Waals surface area contributed by atoms with Crippen LogP contribution >= 0.6 is 0 Å². The van der Waals surface area contributed by atoms with Crippen molar-refractivity contribution in [3.05, 3.63) is 0 Å². The van der Waals surface area contributed by atoms with Crippen LogP contribution in [0.25, 0.3) is 0 Å². The van der Waals surface area contributed by atoms with E-state index in [9.17, 15) is 0 Å². The minimum absolute atomic E-state index is 0. The van der Waals surface area contributed by atoms with Gasteiger partial charge in [0.15, 0.2) is 0 Å². The Labute approximate surface area is 89.8 Å². The number of hydrogen-bond donors (Lipinski definition) is 0. The fourth-order valence-electron chi connectivity index (χ4n) is 0. The Morgan fingerprint density at radius 2 is 1.00 bits per heavy atom. The number of hydrogen-bond acceptors (Lipinski definition) is 0. The maximum absolute atomic E-state index is 0. The Balaban J connectivity index is 0. The summed E-state index contributed by atoms with van der Waals surface area (Å²) in [5.41, 5.74) is 0. The molecule has 4 heavy (non-hydrogen) atoms. The van der Waals surface area contributed by atoms with Crippen LogP contribution in [0.5, 0.6) is 0 Å². The first-order valence-corrected chi connectivity index (χ1v) is 0. The molecule has 0 spiro atoms. The van der Waals surface area contributed by atoms with Crippen molar-refractivity contribution in [2.24, 2.45) is 0 Å². The largest absolute Gasteiger partial charge is 0 e. The summed E-state index contributed by atoms with van der Waals surface area (Å²) in [4.78, 5) is 0. The van der Waals surface area contributed by atoms with Gasteiger partial charge in [0.2, 0.25) is 0 Å². The zero-order valence-corrected chi connectivity index (χ0v) is 11.2. The predicted molar refractivity (Wildman–Crippen MR) is 0 cm³/mol. The molecule has 0 aromatic heterocycles. The van der Waals surface area contributed by atoms with Crippen molar-refractivity contribution >= 4 is 0 Å². The smallest absolute Gasteiger partial charge is 0 e. The maximum atomic E-state index is 0. The molecule has 0 bridgehead atoms. The van der Waals surface area contributed by atoms with Crippen molar-refractivity contribution in [3.8, 4) is 0 Å². The van der Waals surface area contributed by atoms with Crippen molar-refractivity contribution in [1.29, 1.82) is 0 Å². The van der Waals surface area contributed by atoms with Gasteiger partial charge in [0.05, 0.1) is 0 Å². The van der Waals surface area contributed by atoms with Crippen LogP contribution in [0.15, 0.2) is 0 Å². The van der Waals surface area contributed by atoms with E-state index in [1.807, 2.05) is 0 Å². The summed E-state index contributed by atoms with van der Waals surface area (Å²) in [6.07, 6.45) is 0. The van der Waals surface area contributed by atoms with Gasteiger partial charge in [-0.3, -0.25) is 0 Å². The van der Waals surface area contributed by atoms with Gasteiger partial charge in [0.1, 0.15) is 0 Å². The summed E-state index contributed by atoms with van der Waals surface area (Å²) in [5, 5.41) is 0. The molecule has 1 radical (unpaired) electrons. The minimum atomic E-state index is 0. The van der Waals surface area contributed by atoms with Crippen molar-refractivity contribution in [2.75, 3.05) is 0 Å². The Morgan fingerprint density at radius 3 is 1.00 bits per heavy atom. The molecule has 0 aliphatic carbocycles. The normalized spacial score (nSPS) is 0. The van der Waals surface area contributed by atoms with E-state index in [2.05, 4.69) is 0 Å². The SMILES string of the molecule is [Fe].[Hf].[Nb].[Zr]. The molecule has 21 valence electrons. The van der Waals surface area contributed by atoms with Gasteiger partial charge < -0.3 is 0 Å². The van der Waals surface area contributed by atoms with Crippen LogP contribution in [0.1, 0.15) is 0 Å². The van der Waals surface area contributed by atoms with E-state index in [0.717, 1.165) is 0 Å². The topological polar surface area (TPSA) is 0 Å². The molecule has 0 amide bonds. The molecule has 0 unspecified atom stereocenters. The van der Waals surface area contributed by atoms with Crippen molar-refractivity contribution in [3.63, 3.8) is 0 Å². The van der Waals surface area contributed by atoms with Crippen molar-refractivity contribution in [2.45, 2.75) is 0 Å². The quantitative estimate of drug-likeness (QED) is 0.486. The van der Waals surface area contributed by atoms with E-state index >= 15 is 0 Å². The van der Waals surface area contributed by atoms with E-state index in [0.29, 0.717) is 0 Å². The van der Waals surface area contributed by atoms with Gasteiger partial charge >= 0.3 is 0 Å². The second-order valence-corrected chi connectivity index (χ2v) is 0. The Hall–Kier alpha value is 3.01. The van der Waals surface area contributed by atoms with Gasteiger partial charge in [-0.25, -0.2) is 0 Å². The van der Waals surface area contributed by atoms with Gasteiger partial charge in [-0.15, -0.1) is 0 Å². The van der Waals surface area contributed by atoms with Crippen molar-refractivity contribution in [1.82, 2.24) is 0 Å². The second-order valence-electron chi connectivity index (χ2n) is 0. The van der Waals surface area contributed by atoms with Crippen LogP contribution in [0.4, 0.5) is 0 Å². The number of rotatable bonds is 0. The van der Waals surface area contributed by atoms with Gasteiger partial charge in [-0.2, -0.15) is 0 Å². The summed E-state index contributed by atoms with van der Waals surface area (Å²) in [7, 11) is 0. The predicted octanol–water partition coefficient (Wildman–Crippen LogP) is -0.0100. The van der Waals surface area contributed by atoms with E-state index in [1.165, 1.54) is 0 Å². The monoisotopic (exact) mass is 419 g/mol. The van der Waals surface area contributed by atoms with Gasteiger partial charge in [-0.05, 0) is 0 Å². The molecule has 0 aliphatic rings. The molecule has 0 N–H and O–H groups in total. The molecule has 0 saturated carbocycles. The summed E-state index contributed by atoms with van der Waals surface area (Å²) in [5.74, 6) is 0. The molecular formula is FeHfNbZr. The molecular weight excluding hydrogens is 418 g/mol. The molecule has 0 heterocycles. The fraction of sp³-hybridized carbons (Fsp3) is 0. The van der Waals surface area contributed by atoms with Crippen LogP contribution in [0, 0.1) is 0 Å². The molecule has 4 heteroatoms. The van der Waals surface area contributed by atoms with Crippen LogP contribution in [-0.4, -0.2) is 0 Å². The molecule has 0 aliphatic heterocycles. The zero-order valence-electron chi connectivity index (χ0n) is 1.80. The van der Waals surface area contributed by atoms with E-state index < -0.39 is 0 Å². The molecule has 0 saturated heterocycles. The third kappa shape index (κ3) is 8.89. The third-order valence-corrected chi connectivity index (χ3v) is 0. The molecule has 0 aromatic carbocycles. The van der Waals surface area contributed by atoms with Crippen molar-refractivity contribution < 1.29 is 91.5 Å². The third-order valence-electron chi connectivity index (χ3n) is 0. The zero-order chi connectivity index (χ0) is 0. The van der Waals surface area contributed by atoms with Gasteiger partial charge in [-0.1, -0.05) is 0 Å². The molecule has 0 atom stereocenters. The minimum Gasteiger partial charge on any atom is 0 e. The summed E-state index contributed by atoms with van der Waals surface area (Å²) in [6, 6.07) is 0. The molecule has 0 fully saturated rings. The maximum Gasteiger partial charge on any atom is 0 e. The summed E-state index contributed by atoms with van der Waals surface area (Å²) in [6.45, 7) is 0. The second kappa shape index (κ2) is 16.6. The van der Waals surface area contributed by atoms with E-state index in [-0.39, 0.29) is 91.5 Å². The van der Waals surface area contributed by atoms with Crippen LogP contribution in [-0.2, 0) is 91.5 Å². The average molecular weight is 418 g/mol. The Bertz CT molecular complexity index is 8.00. The van der Waals surface area contributed by atoms with Crippen LogP contribution in [0.2, 0.25) is 0 Å². The Kier molecular flexibility index (Phi) is 116. The van der Waals surface area contributed by atoms with Crippen LogP contribution < -0.4 is 0 Å². The first-order valence-electron chi connectivity index (χ1n) is 0. The Morgan fingerprint density at radius 1 is 1.00 bits per heavy atom. The summed E-state index contributed by atoms with van der Waals surface area (Å²) < 4.78 is 0. The molecule has 0 nitrogen and oxygen atoms in total. The molecule has 0 aromatic rings. The standard InChI is InChI=1S/Fe.Hf.Nb.Zr. The fourth-order valence-corrected chi connectivity index (χ4v) is 0.